The zero-order chi connectivity index (χ0) is 13.0. The summed E-state index contributed by atoms with van der Waals surface area (Å²) in [5.74, 6) is -1.00. The number of carbonyl (C=O) groups is 1. The number of nitrogens with two attached hydrogens (primary N) is 1. The minimum absolute atomic E-state index is 0.166. The molecule has 0 saturated heterocycles. The molecule has 18 heavy (non-hydrogen) atoms. The molecule has 5 heteroatoms. The number of hydrogen-bond acceptors (Lipinski definition) is 4. The molecule has 5 nitrogen and oxygen atoms in total. The molecular formula is C13H13N3O2. The Morgan fingerprint density at radius 2 is 2.22 bits per heavy atom. The van der Waals surface area contributed by atoms with Crippen LogP contribution in [0.4, 0.5) is 11.4 Å². The van der Waals surface area contributed by atoms with Crippen LogP contribution in [-0.2, 0) is 6.54 Å². The van der Waals surface area contributed by atoms with E-state index in [9.17, 15) is 4.79 Å². The third-order valence-corrected chi connectivity index (χ3v) is 2.48. The highest BCUT2D eigenvalue weighted by Crippen LogP contribution is 2.19. The summed E-state index contributed by atoms with van der Waals surface area (Å²) >= 11 is 0. The van der Waals surface area contributed by atoms with E-state index in [4.69, 9.17) is 10.8 Å². The van der Waals surface area contributed by atoms with Crippen molar-refractivity contribution in [2.24, 2.45) is 0 Å². The maximum Gasteiger partial charge on any atom is 0.337 e. The fourth-order valence-corrected chi connectivity index (χ4v) is 1.59. The van der Waals surface area contributed by atoms with Gasteiger partial charge in [0, 0.05) is 30.3 Å². The quantitative estimate of drug-likeness (QED) is 0.714. The first kappa shape index (κ1) is 11.9. The first-order chi connectivity index (χ1) is 8.66. The normalized spacial score (nSPS) is 10.0. The van der Waals surface area contributed by atoms with Gasteiger partial charge in [0.1, 0.15) is 0 Å². The predicted octanol–water partition coefficient (Wildman–Crippen LogP) is 1.97. The van der Waals surface area contributed by atoms with Crippen LogP contribution in [0.25, 0.3) is 0 Å². The number of nitrogens with one attached hydrogen (secondary N) is 1. The molecular weight excluding hydrogens is 230 g/mol. The Labute approximate surface area is 104 Å². The highest BCUT2D eigenvalue weighted by Gasteiger charge is 2.09. The second-order valence-corrected chi connectivity index (χ2v) is 3.83. The summed E-state index contributed by atoms with van der Waals surface area (Å²) in [5.41, 5.74) is 7.69. The van der Waals surface area contributed by atoms with E-state index in [0.29, 0.717) is 17.9 Å². The number of aromatic carboxylic acids is 1. The van der Waals surface area contributed by atoms with Crippen molar-refractivity contribution in [1.29, 1.82) is 0 Å². The Kier molecular flexibility index (Phi) is 3.43. The molecule has 0 fully saturated rings. The highest BCUT2D eigenvalue weighted by atomic mass is 16.4. The maximum absolute atomic E-state index is 11.1. The van der Waals surface area contributed by atoms with Crippen LogP contribution >= 0.6 is 0 Å². The van der Waals surface area contributed by atoms with Gasteiger partial charge in [0.05, 0.1) is 5.56 Å². The summed E-state index contributed by atoms with van der Waals surface area (Å²) in [7, 11) is 0. The zero-order valence-electron chi connectivity index (χ0n) is 9.63. The maximum atomic E-state index is 11.1. The van der Waals surface area contributed by atoms with Crippen LogP contribution in [0, 0.1) is 0 Å². The summed E-state index contributed by atoms with van der Waals surface area (Å²) in [6.07, 6.45) is 3.42. The van der Waals surface area contributed by atoms with Gasteiger partial charge >= 0.3 is 5.97 Å². The van der Waals surface area contributed by atoms with E-state index in [1.54, 1.807) is 24.5 Å². The summed E-state index contributed by atoms with van der Waals surface area (Å²) < 4.78 is 0. The van der Waals surface area contributed by atoms with Crippen molar-refractivity contribution in [1.82, 2.24) is 4.98 Å². The number of carboxylic acid groups (broad SMARTS) is 1. The molecule has 0 amide bonds. The number of nitrogens with zero attached hydrogens (tertiary/aromatic N) is 1. The zero-order valence-corrected chi connectivity index (χ0v) is 9.63. The molecule has 0 aliphatic rings. The predicted molar refractivity (Wildman–Crippen MR) is 69.4 cm³/mol. The van der Waals surface area contributed by atoms with Gasteiger partial charge in [-0.05, 0) is 29.8 Å². The van der Waals surface area contributed by atoms with Crippen molar-refractivity contribution >= 4 is 17.3 Å². The lowest BCUT2D eigenvalue weighted by Gasteiger charge is -2.10. The van der Waals surface area contributed by atoms with Crippen LogP contribution in [-0.4, -0.2) is 16.1 Å². The van der Waals surface area contributed by atoms with Crippen molar-refractivity contribution in [2.45, 2.75) is 6.54 Å². The molecule has 0 radical (unpaired) electrons. The highest BCUT2D eigenvalue weighted by molar-refractivity contribution is 5.95. The van der Waals surface area contributed by atoms with Gasteiger partial charge in [0.25, 0.3) is 0 Å². The fourth-order valence-electron chi connectivity index (χ4n) is 1.59. The Morgan fingerprint density at radius 1 is 1.39 bits per heavy atom. The molecule has 0 aliphatic carbocycles. The average Bonchev–Trinajstić information content (AvgIpc) is 2.38. The number of carboxylic acids is 1. The van der Waals surface area contributed by atoms with Crippen LogP contribution in [0.5, 0.6) is 0 Å². The van der Waals surface area contributed by atoms with Crippen LogP contribution in [0.1, 0.15) is 15.9 Å². The van der Waals surface area contributed by atoms with Gasteiger partial charge in [0.15, 0.2) is 0 Å². The van der Waals surface area contributed by atoms with Crippen molar-refractivity contribution < 1.29 is 9.90 Å². The third kappa shape index (κ3) is 2.76. The van der Waals surface area contributed by atoms with Crippen molar-refractivity contribution in [3.8, 4) is 0 Å². The van der Waals surface area contributed by atoms with Crippen LogP contribution < -0.4 is 11.1 Å². The third-order valence-electron chi connectivity index (χ3n) is 2.48. The number of pyridine rings is 1. The van der Waals surface area contributed by atoms with Gasteiger partial charge in [-0.3, -0.25) is 4.98 Å². The monoisotopic (exact) mass is 243 g/mol. The molecule has 0 spiro atoms. The average molecular weight is 243 g/mol. The van der Waals surface area contributed by atoms with E-state index >= 15 is 0 Å². The molecule has 1 aromatic carbocycles. The minimum atomic E-state index is -1.00. The van der Waals surface area contributed by atoms with Gasteiger partial charge in [0.2, 0.25) is 0 Å². The Bertz CT molecular complexity index is 555. The molecule has 0 saturated carbocycles. The number of benzene rings is 1. The largest absolute Gasteiger partial charge is 0.478 e. The molecule has 0 aliphatic heterocycles. The lowest BCUT2D eigenvalue weighted by atomic mass is 10.1. The standard InChI is InChI=1S/C13H13N3O2/c14-10-3-4-12(11(6-10)13(17)18)16-8-9-2-1-5-15-7-9/h1-7,16H,8,14H2,(H,17,18). The van der Waals surface area contributed by atoms with E-state index in [1.807, 2.05) is 12.1 Å². The second-order valence-electron chi connectivity index (χ2n) is 3.83. The topological polar surface area (TPSA) is 88.2 Å². The molecule has 0 bridgehead atoms. The summed E-state index contributed by atoms with van der Waals surface area (Å²) in [5, 5.41) is 12.1. The molecule has 1 aromatic heterocycles. The Balaban J connectivity index is 2.17. The van der Waals surface area contributed by atoms with E-state index in [2.05, 4.69) is 10.3 Å². The smallest absolute Gasteiger partial charge is 0.337 e. The lowest BCUT2D eigenvalue weighted by molar-refractivity contribution is 0.0698. The van der Waals surface area contributed by atoms with Gasteiger partial charge in [-0.25, -0.2) is 4.79 Å². The van der Waals surface area contributed by atoms with Crippen molar-refractivity contribution in [2.75, 3.05) is 11.1 Å². The number of rotatable bonds is 4. The van der Waals surface area contributed by atoms with E-state index in [-0.39, 0.29) is 5.56 Å². The number of nitrogen functional groups attached to an aromatic ring is 1. The van der Waals surface area contributed by atoms with E-state index < -0.39 is 5.97 Å². The van der Waals surface area contributed by atoms with Gasteiger partial charge in [-0.2, -0.15) is 0 Å². The second kappa shape index (κ2) is 5.18. The number of aromatic nitrogens is 1. The van der Waals surface area contributed by atoms with Gasteiger partial charge in [-0.1, -0.05) is 6.07 Å². The molecule has 0 atom stereocenters. The number of hydrogen-bond donors (Lipinski definition) is 3. The summed E-state index contributed by atoms with van der Waals surface area (Å²) in [6.45, 7) is 0.512. The fraction of sp³-hybridized carbons (Fsp3) is 0.0769. The minimum Gasteiger partial charge on any atom is -0.478 e. The lowest BCUT2D eigenvalue weighted by Crippen LogP contribution is -2.07. The van der Waals surface area contributed by atoms with Crippen LogP contribution in [0.2, 0.25) is 0 Å². The number of anilines is 2. The molecule has 1 heterocycles. The summed E-state index contributed by atoms with van der Waals surface area (Å²) in [4.78, 5) is 15.1. The van der Waals surface area contributed by atoms with E-state index in [0.717, 1.165) is 5.56 Å². The molecule has 0 unspecified atom stereocenters. The first-order valence-electron chi connectivity index (χ1n) is 5.42. The first-order valence-corrected chi connectivity index (χ1v) is 5.42. The van der Waals surface area contributed by atoms with Gasteiger partial charge < -0.3 is 16.2 Å². The summed E-state index contributed by atoms with van der Waals surface area (Å²) in [6, 6.07) is 8.51. The van der Waals surface area contributed by atoms with Crippen molar-refractivity contribution in [3.05, 3.63) is 53.9 Å². The Morgan fingerprint density at radius 3 is 2.89 bits per heavy atom. The van der Waals surface area contributed by atoms with Gasteiger partial charge in [-0.15, -0.1) is 0 Å². The molecule has 4 N–H and O–H groups in total. The SMILES string of the molecule is Nc1ccc(NCc2cccnc2)c(C(=O)O)c1. The van der Waals surface area contributed by atoms with E-state index in [1.165, 1.54) is 6.07 Å². The molecule has 2 rings (SSSR count). The van der Waals surface area contributed by atoms with Crippen LogP contribution in [0.3, 0.4) is 0 Å². The van der Waals surface area contributed by atoms with Crippen LogP contribution in [0.15, 0.2) is 42.7 Å². The molecule has 92 valence electrons. The Hall–Kier alpha value is -2.56. The van der Waals surface area contributed by atoms with Crippen molar-refractivity contribution in [3.63, 3.8) is 0 Å². The molecule has 2 aromatic rings.